The number of Topliss-reactive ketones (excluding diaryl/α,β-unsaturated/α-hetero) is 1. The van der Waals surface area contributed by atoms with Crippen LogP contribution in [-0.2, 0) is 5.41 Å². The minimum Gasteiger partial charge on any atom is -0.366 e. The van der Waals surface area contributed by atoms with Crippen molar-refractivity contribution in [3.63, 3.8) is 0 Å². The first kappa shape index (κ1) is 10.1. The molecule has 1 heterocycles. The highest BCUT2D eigenvalue weighted by atomic mass is 16.1. The maximum atomic E-state index is 12.5. The fourth-order valence-electron chi connectivity index (χ4n) is 2.33. The van der Waals surface area contributed by atoms with Crippen LogP contribution in [0.5, 0.6) is 0 Å². The van der Waals surface area contributed by atoms with Crippen LogP contribution in [0.25, 0.3) is 6.08 Å². The molecule has 0 spiro atoms. The average Bonchev–Trinajstić information content (AvgIpc) is 2.84. The molecule has 1 atom stereocenters. The summed E-state index contributed by atoms with van der Waals surface area (Å²) in [6.45, 7) is 1.97. The van der Waals surface area contributed by atoms with Crippen molar-refractivity contribution in [2.75, 3.05) is 0 Å². The number of carbonyl (C=O) groups excluding carboxylic acids is 1. The molecule has 2 aromatic rings. The third-order valence-electron chi connectivity index (χ3n) is 3.46. The fraction of sp³-hybridized carbons (Fsp3) is 0.133. The quantitative estimate of drug-likeness (QED) is 0.791. The van der Waals surface area contributed by atoms with Crippen LogP contribution in [0, 0.1) is 0 Å². The lowest BCUT2D eigenvalue weighted by atomic mass is 9.73. The molecule has 0 bridgehead atoms. The van der Waals surface area contributed by atoms with Crippen LogP contribution in [0.2, 0.25) is 0 Å². The van der Waals surface area contributed by atoms with E-state index in [9.17, 15) is 4.79 Å². The van der Waals surface area contributed by atoms with Crippen molar-refractivity contribution in [1.82, 2.24) is 4.98 Å². The zero-order valence-corrected chi connectivity index (χ0v) is 9.60. The Morgan fingerprint density at radius 3 is 2.65 bits per heavy atom. The summed E-state index contributed by atoms with van der Waals surface area (Å²) in [5.41, 5.74) is 2.24. The number of nitrogens with one attached hydrogen (secondary N) is 1. The van der Waals surface area contributed by atoms with E-state index in [1.807, 2.05) is 55.6 Å². The number of rotatable bonds is 1. The van der Waals surface area contributed by atoms with E-state index in [1.165, 1.54) is 0 Å². The van der Waals surface area contributed by atoms with Gasteiger partial charge >= 0.3 is 0 Å². The van der Waals surface area contributed by atoms with E-state index < -0.39 is 5.41 Å². The van der Waals surface area contributed by atoms with E-state index in [-0.39, 0.29) is 5.78 Å². The lowest BCUT2D eigenvalue weighted by Crippen LogP contribution is -2.32. The van der Waals surface area contributed by atoms with Crippen LogP contribution in [0.4, 0.5) is 0 Å². The summed E-state index contributed by atoms with van der Waals surface area (Å²) in [6.07, 6.45) is 7.64. The molecule has 3 rings (SSSR count). The number of ketones is 1. The van der Waals surface area contributed by atoms with Crippen LogP contribution in [0.1, 0.15) is 28.4 Å². The summed E-state index contributed by atoms with van der Waals surface area (Å²) in [5, 5.41) is 0. The number of fused-ring (bicyclic) bond motifs is 1. The number of H-pyrrole nitrogens is 1. The van der Waals surface area contributed by atoms with Gasteiger partial charge < -0.3 is 4.98 Å². The van der Waals surface area contributed by atoms with Crippen molar-refractivity contribution in [2.24, 2.45) is 0 Å². The third kappa shape index (κ3) is 1.37. The standard InChI is InChI=1S/C15H13NO/c1-15(12-5-3-2-4-6-12)8-7-11-9-16-10-13(11)14(15)17/h2-10,16H,1H3. The monoisotopic (exact) mass is 223 g/mol. The number of benzene rings is 1. The molecule has 1 aliphatic rings. The summed E-state index contributed by atoms with van der Waals surface area (Å²) >= 11 is 0. The topological polar surface area (TPSA) is 32.9 Å². The van der Waals surface area contributed by atoms with Gasteiger partial charge in [-0.25, -0.2) is 0 Å². The highest BCUT2D eigenvalue weighted by Gasteiger charge is 2.36. The Kier molecular flexibility index (Phi) is 2.05. The minimum atomic E-state index is -0.545. The zero-order chi connectivity index (χ0) is 11.9. The lowest BCUT2D eigenvalue weighted by molar-refractivity contribution is 0.0925. The number of hydrogen-bond donors (Lipinski definition) is 1. The molecule has 1 aliphatic carbocycles. The minimum absolute atomic E-state index is 0.155. The van der Waals surface area contributed by atoms with Crippen LogP contribution >= 0.6 is 0 Å². The van der Waals surface area contributed by atoms with Crippen molar-refractivity contribution < 1.29 is 4.79 Å². The van der Waals surface area contributed by atoms with Gasteiger partial charge in [0, 0.05) is 23.5 Å². The predicted molar refractivity (Wildman–Crippen MR) is 68.0 cm³/mol. The fourth-order valence-corrected chi connectivity index (χ4v) is 2.33. The molecule has 1 N–H and O–H groups in total. The highest BCUT2D eigenvalue weighted by Crippen LogP contribution is 2.35. The van der Waals surface area contributed by atoms with E-state index in [0.29, 0.717) is 0 Å². The summed E-state index contributed by atoms with van der Waals surface area (Å²) in [6, 6.07) is 9.90. The van der Waals surface area contributed by atoms with Crippen LogP contribution in [0.15, 0.2) is 48.8 Å². The van der Waals surface area contributed by atoms with Crippen molar-refractivity contribution in [1.29, 1.82) is 0 Å². The molecule has 1 unspecified atom stereocenters. The first-order valence-electron chi connectivity index (χ1n) is 5.68. The second-order valence-corrected chi connectivity index (χ2v) is 4.56. The maximum absolute atomic E-state index is 12.5. The van der Waals surface area contributed by atoms with Gasteiger partial charge in [-0.15, -0.1) is 0 Å². The largest absolute Gasteiger partial charge is 0.366 e. The average molecular weight is 223 g/mol. The second kappa shape index (κ2) is 3.45. The molecule has 0 aliphatic heterocycles. The van der Waals surface area contributed by atoms with Gasteiger partial charge in [-0.05, 0) is 12.5 Å². The SMILES string of the molecule is CC1(c2ccccc2)C=Cc2c[nH]cc2C1=O. The van der Waals surface area contributed by atoms with Crippen LogP contribution in [-0.4, -0.2) is 10.8 Å². The summed E-state index contributed by atoms with van der Waals surface area (Å²) in [4.78, 5) is 15.5. The van der Waals surface area contributed by atoms with E-state index in [1.54, 1.807) is 6.20 Å². The summed E-state index contributed by atoms with van der Waals surface area (Å²) < 4.78 is 0. The van der Waals surface area contributed by atoms with E-state index in [2.05, 4.69) is 4.98 Å². The molecule has 0 amide bonds. The van der Waals surface area contributed by atoms with E-state index >= 15 is 0 Å². The van der Waals surface area contributed by atoms with Crippen molar-refractivity contribution in [2.45, 2.75) is 12.3 Å². The van der Waals surface area contributed by atoms with Gasteiger partial charge in [-0.2, -0.15) is 0 Å². The predicted octanol–water partition coefficient (Wildman–Crippen LogP) is 3.18. The van der Waals surface area contributed by atoms with Crippen LogP contribution < -0.4 is 0 Å². The Hall–Kier alpha value is -2.09. The molecule has 2 heteroatoms. The van der Waals surface area contributed by atoms with Crippen molar-refractivity contribution in [3.8, 4) is 0 Å². The Morgan fingerprint density at radius 2 is 1.88 bits per heavy atom. The zero-order valence-electron chi connectivity index (χ0n) is 9.60. The van der Waals surface area contributed by atoms with E-state index in [0.717, 1.165) is 16.7 Å². The molecular weight excluding hydrogens is 210 g/mol. The lowest BCUT2D eigenvalue weighted by Gasteiger charge is -2.27. The Morgan fingerprint density at radius 1 is 1.12 bits per heavy atom. The Bertz CT molecular complexity index is 594. The molecule has 84 valence electrons. The Labute approximate surface area is 100.0 Å². The number of hydrogen-bond acceptors (Lipinski definition) is 1. The van der Waals surface area contributed by atoms with Gasteiger partial charge in [0.05, 0.1) is 5.41 Å². The molecular formula is C15H13NO. The number of allylic oxidation sites excluding steroid dienone is 1. The molecule has 1 aromatic carbocycles. The molecule has 0 radical (unpaired) electrons. The molecule has 2 nitrogen and oxygen atoms in total. The van der Waals surface area contributed by atoms with Crippen molar-refractivity contribution >= 4 is 11.9 Å². The summed E-state index contributed by atoms with van der Waals surface area (Å²) in [7, 11) is 0. The molecule has 0 saturated carbocycles. The normalized spacial score (nSPS) is 22.5. The van der Waals surface area contributed by atoms with Gasteiger partial charge in [0.25, 0.3) is 0 Å². The number of aromatic amines is 1. The number of carbonyl (C=O) groups is 1. The van der Waals surface area contributed by atoms with Gasteiger partial charge in [0.15, 0.2) is 5.78 Å². The first-order valence-corrected chi connectivity index (χ1v) is 5.68. The van der Waals surface area contributed by atoms with Gasteiger partial charge in [0.2, 0.25) is 0 Å². The number of aromatic nitrogens is 1. The molecule has 0 fully saturated rings. The molecule has 1 aromatic heterocycles. The smallest absolute Gasteiger partial charge is 0.179 e. The first-order chi connectivity index (χ1) is 8.22. The van der Waals surface area contributed by atoms with Gasteiger partial charge in [-0.1, -0.05) is 42.5 Å². The Balaban J connectivity index is 2.15. The molecule has 0 saturated heterocycles. The summed E-state index contributed by atoms with van der Waals surface area (Å²) in [5.74, 6) is 0.155. The molecule has 17 heavy (non-hydrogen) atoms. The van der Waals surface area contributed by atoms with Crippen molar-refractivity contribution in [3.05, 3.63) is 65.5 Å². The maximum Gasteiger partial charge on any atom is 0.179 e. The van der Waals surface area contributed by atoms with Gasteiger partial charge in [0.1, 0.15) is 0 Å². The van der Waals surface area contributed by atoms with Gasteiger partial charge in [-0.3, -0.25) is 4.79 Å². The second-order valence-electron chi connectivity index (χ2n) is 4.56. The van der Waals surface area contributed by atoms with E-state index in [4.69, 9.17) is 0 Å². The highest BCUT2D eigenvalue weighted by molar-refractivity contribution is 6.10. The van der Waals surface area contributed by atoms with Crippen LogP contribution in [0.3, 0.4) is 0 Å². The third-order valence-corrected chi connectivity index (χ3v) is 3.46.